The lowest BCUT2D eigenvalue weighted by Gasteiger charge is -2.43. The number of nitrogens with zero attached hydrogens (tertiary/aromatic N) is 5. The van der Waals surface area contributed by atoms with Crippen LogP contribution in [0.25, 0.3) is 0 Å². The van der Waals surface area contributed by atoms with Gasteiger partial charge in [0.15, 0.2) is 0 Å². The minimum absolute atomic E-state index is 0.104. The molecule has 0 spiro atoms. The second-order valence-corrected chi connectivity index (χ2v) is 4.19. The quantitative estimate of drug-likeness (QED) is 0.699. The van der Waals surface area contributed by atoms with Gasteiger partial charge in [-0.1, -0.05) is 13.8 Å². The summed E-state index contributed by atoms with van der Waals surface area (Å²) in [5.74, 6) is 0.629. The van der Waals surface area contributed by atoms with Crippen LogP contribution >= 0.6 is 0 Å². The maximum atomic E-state index is 11.8. The van der Waals surface area contributed by atoms with Crippen molar-refractivity contribution in [1.29, 1.82) is 0 Å². The van der Waals surface area contributed by atoms with E-state index in [0.717, 1.165) is 13.0 Å². The van der Waals surface area contributed by atoms with Crippen LogP contribution in [-0.2, 0) is 11.3 Å². The fraction of sp³-hybridized carbons (Fsp3) is 0.778. The van der Waals surface area contributed by atoms with Crippen LogP contribution < -0.4 is 0 Å². The summed E-state index contributed by atoms with van der Waals surface area (Å²) in [7, 11) is 0. The van der Waals surface area contributed by atoms with Crippen molar-refractivity contribution in [3.63, 3.8) is 0 Å². The lowest BCUT2D eigenvalue weighted by molar-refractivity contribution is -0.141. The molecule has 1 unspecified atom stereocenters. The van der Waals surface area contributed by atoms with Gasteiger partial charge in [0.25, 0.3) is 0 Å². The van der Waals surface area contributed by atoms with Gasteiger partial charge in [0, 0.05) is 12.6 Å². The van der Waals surface area contributed by atoms with E-state index in [9.17, 15) is 4.79 Å². The van der Waals surface area contributed by atoms with Crippen molar-refractivity contribution in [2.45, 2.75) is 32.9 Å². The van der Waals surface area contributed by atoms with Gasteiger partial charge in [-0.15, -0.1) is 5.10 Å². The van der Waals surface area contributed by atoms with Crippen LogP contribution in [0.4, 0.5) is 0 Å². The van der Waals surface area contributed by atoms with Gasteiger partial charge in [-0.05, 0) is 22.8 Å². The Bertz CT molecular complexity index is 334. The Morgan fingerprint density at radius 1 is 1.60 bits per heavy atom. The number of hydrogen-bond acceptors (Lipinski definition) is 4. The van der Waals surface area contributed by atoms with Crippen LogP contribution in [0, 0.1) is 5.92 Å². The molecule has 1 fully saturated rings. The van der Waals surface area contributed by atoms with Crippen molar-refractivity contribution in [1.82, 2.24) is 25.1 Å². The smallest absolute Gasteiger partial charge is 0.244 e. The zero-order valence-corrected chi connectivity index (χ0v) is 9.00. The molecule has 1 aliphatic rings. The van der Waals surface area contributed by atoms with Crippen LogP contribution in [0.2, 0.25) is 0 Å². The Hall–Kier alpha value is -1.46. The number of rotatable bonds is 3. The van der Waals surface area contributed by atoms with E-state index < -0.39 is 0 Å². The first-order chi connectivity index (χ1) is 7.18. The predicted octanol–water partition coefficient (Wildman–Crippen LogP) is -0.0700. The molecule has 1 atom stereocenters. The first kappa shape index (κ1) is 10.1. The Balaban J connectivity index is 1.92. The Morgan fingerprint density at radius 2 is 2.40 bits per heavy atom. The fourth-order valence-electron chi connectivity index (χ4n) is 1.89. The highest BCUT2D eigenvalue weighted by Gasteiger charge is 2.33. The first-order valence-corrected chi connectivity index (χ1v) is 5.18. The van der Waals surface area contributed by atoms with Crippen molar-refractivity contribution in [3.8, 4) is 0 Å². The number of tetrazole rings is 1. The van der Waals surface area contributed by atoms with E-state index in [0.29, 0.717) is 12.0 Å². The highest BCUT2D eigenvalue weighted by atomic mass is 16.2. The second kappa shape index (κ2) is 3.96. The number of likely N-dealkylation sites (tertiary alicyclic amines) is 1. The van der Waals surface area contributed by atoms with Crippen LogP contribution in [0.15, 0.2) is 6.33 Å². The molecule has 1 aromatic rings. The Kier molecular flexibility index (Phi) is 2.66. The molecule has 15 heavy (non-hydrogen) atoms. The lowest BCUT2D eigenvalue weighted by Crippen LogP contribution is -2.54. The Morgan fingerprint density at radius 3 is 2.87 bits per heavy atom. The van der Waals surface area contributed by atoms with Gasteiger partial charge in [-0.25, -0.2) is 4.68 Å². The molecule has 0 aromatic carbocycles. The highest BCUT2D eigenvalue weighted by Crippen LogP contribution is 2.24. The van der Waals surface area contributed by atoms with Gasteiger partial charge in [-0.3, -0.25) is 4.79 Å². The molecular formula is C9H15N5O. The van der Waals surface area contributed by atoms with E-state index in [1.165, 1.54) is 11.0 Å². The average molecular weight is 209 g/mol. The molecule has 6 nitrogen and oxygen atoms in total. The third-order valence-electron chi connectivity index (χ3n) is 2.84. The van der Waals surface area contributed by atoms with E-state index in [1.807, 2.05) is 4.90 Å². The zero-order valence-electron chi connectivity index (χ0n) is 9.00. The van der Waals surface area contributed by atoms with Gasteiger partial charge in [0.05, 0.1) is 0 Å². The Labute approximate surface area is 88.2 Å². The minimum Gasteiger partial charge on any atom is -0.338 e. The summed E-state index contributed by atoms with van der Waals surface area (Å²) < 4.78 is 1.46. The molecule has 1 aliphatic heterocycles. The third-order valence-corrected chi connectivity index (χ3v) is 2.84. The van der Waals surface area contributed by atoms with Crippen molar-refractivity contribution in [2.75, 3.05) is 6.54 Å². The summed E-state index contributed by atoms with van der Waals surface area (Å²) in [6, 6.07) is 0.397. The van der Waals surface area contributed by atoms with E-state index in [4.69, 9.17) is 0 Å². The van der Waals surface area contributed by atoms with Crippen LogP contribution in [0.3, 0.4) is 0 Å². The molecular weight excluding hydrogens is 194 g/mol. The molecule has 2 rings (SSSR count). The van der Waals surface area contributed by atoms with Crippen molar-refractivity contribution >= 4 is 5.91 Å². The molecule has 82 valence electrons. The summed E-state index contributed by atoms with van der Waals surface area (Å²) in [6.45, 7) is 5.39. The molecule has 0 N–H and O–H groups in total. The molecule has 0 radical (unpaired) electrons. The monoisotopic (exact) mass is 209 g/mol. The summed E-state index contributed by atoms with van der Waals surface area (Å²) in [4.78, 5) is 13.7. The molecule has 1 aromatic heterocycles. The summed E-state index contributed by atoms with van der Waals surface area (Å²) >= 11 is 0. The SMILES string of the molecule is CC(C)C1CCN1C(=O)Cn1cnnn1. The normalized spacial score (nSPS) is 20.5. The molecule has 6 heteroatoms. The van der Waals surface area contributed by atoms with Gasteiger partial charge in [-0.2, -0.15) is 0 Å². The lowest BCUT2D eigenvalue weighted by atomic mass is 9.92. The maximum Gasteiger partial charge on any atom is 0.244 e. The van der Waals surface area contributed by atoms with Gasteiger partial charge < -0.3 is 4.90 Å². The van der Waals surface area contributed by atoms with Gasteiger partial charge in [0.1, 0.15) is 12.9 Å². The van der Waals surface area contributed by atoms with E-state index in [-0.39, 0.29) is 12.5 Å². The van der Waals surface area contributed by atoms with Gasteiger partial charge in [0.2, 0.25) is 5.91 Å². The zero-order chi connectivity index (χ0) is 10.8. The molecule has 1 saturated heterocycles. The van der Waals surface area contributed by atoms with Crippen molar-refractivity contribution in [3.05, 3.63) is 6.33 Å². The summed E-state index contributed by atoms with van der Waals surface area (Å²) in [5.41, 5.74) is 0. The standard InChI is InChI=1S/C9H15N5O/c1-7(2)8-3-4-14(8)9(15)5-13-6-10-11-12-13/h6-8H,3-5H2,1-2H3. The van der Waals surface area contributed by atoms with Crippen molar-refractivity contribution < 1.29 is 4.79 Å². The number of carbonyl (C=O) groups excluding carboxylic acids is 1. The average Bonchev–Trinajstić information content (AvgIpc) is 2.52. The topological polar surface area (TPSA) is 63.9 Å². The van der Waals surface area contributed by atoms with E-state index in [1.54, 1.807) is 0 Å². The van der Waals surface area contributed by atoms with Crippen LogP contribution in [0.5, 0.6) is 0 Å². The summed E-state index contributed by atoms with van der Waals surface area (Å²) in [5, 5.41) is 10.7. The van der Waals surface area contributed by atoms with Gasteiger partial charge >= 0.3 is 0 Å². The van der Waals surface area contributed by atoms with E-state index >= 15 is 0 Å². The first-order valence-electron chi connectivity index (χ1n) is 5.18. The van der Waals surface area contributed by atoms with E-state index in [2.05, 4.69) is 29.4 Å². The minimum atomic E-state index is 0.104. The highest BCUT2D eigenvalue weighted by molar-refractivity contribution is 5.77. The maximum absolute atomic E-state index is 11.8. The number of aromatic nitrogens is 4. The third kappa shape index (κ3) is 1.98. The fourth-order valence-corrected chi connectivity index (χ4v) is 1.89. The summed E-state index contributed by atoms with van der Waals surface area (Å²) in [6.07, 6.45) is 2.57. The molecule has 2 heterocycles. The van der Waals surface area contributed by atoms with Crippen molar-refractivity contribution in [2.24, 2.45) is 5.92 Å². The molecule has 0 bridgehead atoms. The van der Waals surface area contributed by atoms with Crippen LogP contribution in [-0.4, -0.2) is 43.6 Å². The largest absolute Gasteiger partial charge is 0.338 e. The second-order valence-electron chi connectivity index (χ2n) is 4.19. The number of carbonyl (C=O) groups is 1. The van der Waals surface area contributed by atoms with Crippen LogP contribution in [0.1, 0.15) is 20.3 Å². The predicted molar refractivity (Wildman–Crippen MR) is 52.8 cm³/mol. The molecule has 0 aliphatic carbocycles. The molecule has 1 amide bonds. The molecule has 0 saturated carbocycles. The number of amides is 1. The number of hydrogen-bond donors (Lipinski definition) is 0.